The molecule has 0 radical (unpaired) electrons. The number of hydrogen-bond acceptors (Lipinski definition) is 2. The SMILES string of the molecule is Fc1ccc(NCc2cc(Br)ccc2OCc2ccccc2Cl)cc1. The van der Waals surface area contributed by atoms with Crippen LogP contribution in [0.15, 0.2) is 71.2 Å². The summed E-state index contributed by atoms with van der Waals surface area (Å²) >= 11 is 9.66. The Morgan fingerprint density at radius 2 is 1.72 bits per heavy atom. The van der Waals surface area contributed by atoms with Crippen LogP contribution < -0.4 is 10.1 Å². The van der Waals surface area contributed by atoms with Crippen LogP contribution in [0, 0.1) is 5.82 Å². The van der Waals surface area contributed by atoms with E-state index in [-0.39, 0.29) is 5.82 Å². The first kappa shape index (κ1) is 17.8. The Morgan fingerprint density at radius 1 is 0.960 bits per heavy atom. The van der Waals surface area contributed by atoms with E-state index in [0.29, 0.717) is 18.2 Å². The average molecular weight is 421 g/mol. The number of anilines is 1. The van der Waals surface area contributed by atoms with Gasteiger partial charge < -0.3 is 10.1 Å². The van der Waals surface area contributed by atoms with Gasteiger partial charge in [-0.05, 0) is 48.5 Å². The standard InChI is InChI=1S/C20H16BrClFNO/c21-16-5-10-20(25-13-14-3-1-2-4-19(14)22)15(11-16)12-24-18-8-6-17(23)7-9-18/h1-11,24H,12-13H2. The lowest BCUT2D eigenvalue weighted by Crippen LogP contribution is -2.04. The first-order valence-corrected chi connectivity index (χ1v) is 8.93. The number of benzene rings is 3. The summed E-state index contributed by atoms with van der Waals surface area (Å²) in [5.74, 6) is 0.523. The minimum Gasteiger partial charge on any atom is -0.488 e. The van der Waals surface area contributed by atoms with Gasteiger partial charge in [0.05, 0.1) is 0 Å². The van der Waals surface area contributed by atoms with Crippen LogP contribution in [-0.4, -0.2) is 0 Å². The quantitative estimate of drug-likeness (QED) is 0.496. The van der Waals surface area contributed by atoms with Crippen LogP contribution in [0.2, 0.25) is 5.02 Å². The van der Waals surface area contributed by atoms with E-state index in [0.717, 1.165) is 27.0 Å². The van der Waals surface area contributed by atoms with Crippen LogP contribution in [0.4, 0.5) is 10.1 Å². The molecule has 128 valence electrons. The fourth-order valence-electron chi connectivity index (χ4n) is 2.36. The van der Waals surface area contributed by atoms with Crippen molar-refractivity contribution in [2.45, 2.75) is 13.2 Å². The van der Waals surface area contributed by atoms with Crippen molar-refractivity contribution in [1.29, 1.82) is 0 Å². The molecule has 3 aromatic rings. The Labute approximate surface area is 159 Å². The van der Waals surface area contributed by atoms with Crippen molar-refractivity contribution in [2.75, 3.05) is 5.32 Å². The molecule has 0 amide bonds. The topological polar surface area (TPSA) is 21.3 Å². The second-order valence-electron chi connectivity index (χ2n) is 5.49. The molecule has 0 aliphatic rings. The Balaban J connectivity index is 1.71. The predicted octanol–water partition coefficient (Wildman–Crippen LogP) is 6.43. The Morgan fingerprint density at radius 3 is 2.48 bits per heavy atom. The van der Waals surface area contributed by atoms with Crippen LogP contribution in [0.1, 0.15) is 11.1 Å². The van der Waals surface area contributed by atoms with Gasteiger partial charge in [-0.25, -0.2) is 4.39 Å². The number of rotatable bonds is 6. The summed E-state index contributed by atoms with van der Waals surface area (Å²) in [5.41, 5.74) is 2.77. The molecule has 0 unspecified atom stereocenters. The van der Waals surface area contributed by atoms with Crippen molar-refractivity contribution in [3.8, 4) is 5.75 Å². The van der Waals surface area contributed by atoms with Crippen LogP contribution in [0.3, 0.4) is 0 Å². The van der Waals surface area contributed by atoms with Gasteiger partial charge in [-0.3, -0.25) is 0 Å². The first-order chi connectivity index (χ1) is 12.1. The molecule has 0 aliphatic carbocycles. The molecule has 25 heavy (non-hydrogen) atoms. The number of halogens is 3. The molecule has 0 heterocycles. The lowest BCUT2D eigenvalue weighted by Gasteiger charge is -2.14. The van der Waals surface area contributed by atoms with Crippen molar-refractivity contribution in [3.05, 3.63) is 93.2 Å². The van der Waals surface area contributed by atoms with Gasteiger partial charge in [0.25, 0.3) is 0 Å². The van der Waals surface area contributed by atoms with E-state index < -0.39 is 0 Å². The molecule has 0 saturated carbocycles. The maximum absolute atomic E-state index is 13.0. The Hall–Kier alpha value is -2.04. The van der Waals surface area contributed by atoms with Gasteiger partial charge in [-0.2, -0.15) is 0 Å². The highest BCUT2D eigenvalue weighted by Crippen LogP contribution is 2.26. The molecular weight excluding hydrogens is 405 g/mol. The molecule has 0 fully saturated rings. The predicted molar refractivity (Wildman–Crippen MR) is 104 cm³/mol. The number of nitrogens with one attached hydrogen (secondary N) is 1. The largest absolute Gasteiger partial charge is 0.488 e. The zero-order chi connectivity index (χ0) is 17.6. The highest BCUT2D eigenvalue weighted by Gasteiger charge is 2.07. The average Bonchev–Trinajstić information content (AvgIpc) is 2.62. The lowest BCUT2D eigenvalue weighted by molar-refractivity contribution is 0.303. The third-order valence-corrected chi connectivity index (χ3v) is 4.55. The van der Waals surface area contributed by atoms with Crippen molar-refractivity contribution in [2.24, 2.45) is 0 Å². The molecule has 0 saturated heterocycles. The minimum absolute atomic E-state index is 0.253. The molecule has 0 aromatic heterocycles. The second kappa shape index (κ2) is 8.37. The zero-order valence-electron chi connectivity index (χ0n) is 13.3. The van der Waals surface area contributed by atoms with E-state index >= 15 is 0 Å². The molecule has 0 bridgehead atoms. The molecule has 3 rings (SSSR count). The van der Waals surface area contributed by atoms with E-state index in [1.807, 2.05) is 42.5 Å². The smallest absolute Gasteiger partial charge is 0.124 e. The van der Waals surface area contributed by atoms with Crippen molar-refractivity contribution < 1.29 is 9.13 Å². The molecular formula is C20H16BrClFNO. The van der Waals surface area contributed by atoms with E-state index in [1.165, 1.54) is 12.1 Å². The van der Waals surface area contributed by atoms with Crippen LogP contribution in [0.5, 0.6) is 5.75 Å². The summed E-state index contributed by atoms with van der Waals surface area (Å²) in [6, 6.07) is 19.7. The lowest BCUT2D eigenvalue weighted by atomic mass is 10.2. The Kier molecular flexibility index (Phi) is 5.95. The number of ether oxygens (including phenoxy) is 1. The van der Waals surface area contributed by atoms with Crippen molar-refractivity contribution in [3.63, 3.8) is 0 Å². The normalized spacial score (nSPS) is 10.5. The summed E-state index contributed by atoms with van der Waals surface area (Å²) in [4.78, 5) is 0. The highest BCUT2D eigenvalue weighted by molar-refractivity contribution is 9.10. The highest BCUT2D eigenvalue weighted by atomic mass is 79.9. The second-order valence-corrected chi connectivity index (χ2v) is 6.82. The monoisotopic (exact) mass is 419 g/mol. The molecule has 1 N–H and O–H groups in total. The molecule has 2 nitrogen and oxygen atoms in total. The summed E-state index contributed by atoms with van der Waals surface area (Å²) < 4.78 is 19.9. The van der Waals surface area contributed by atoms with Gasteiger partial charge in [0.15, 0.2) is 0 Å². The van der Waals surface area contributed by atoms with Gasteiger partial charge in [-0.15, -0.1) is 0 Å². The molecule has 0 atom stereocenters. The molecule has 0 aliphatic heterocycles. The van der Waals surface area contributed by atoms with E-state index in [4.69, 9.17) is 16.3 Å². The minimum atomic E-state index is -0.253. The number of hydrogen-bond donors (Lipinski definition) is 1. The third-order valence-electron chi connectivity index (χ3n) is 3.69. The van der Waals surface area contributed by atoms with Gasteiger partial charge >= 0.3 is 0 Å². The van der Waals surface area contributed by atoms with Gasteiger partial charge in [0.2, 0.25) is 0 Å². The molecule has 3 aromatic carbocycles. The maximum Gasteiger partial charge on any atom is 0.124 e. The van der Waals surface area contributed by atoms with E-state index in [2.05, 4.69) is 21.2 Å². The van der Waals surface area contributed by atoms with Gasteiger partial charge in [0, 0.05) is 32.9 Å². The first-order valence-electron chi connectivity index (χ1n) is 7.76. The van der Waals surface area contributed by atoms with Gasteiger partial charge in [-0.1, -0.05) is 45.7 Å². The summed E-state index contributed by atoms with van der Waals surface area (Å²) in [6.45, 7) is 0.952. The van der Waals surface area contributed by atoms with Crippen LogP contribution in [-0.2, 0) is 13.2 Å². The van der Waals surface area contributed by atoms with Crippen LogP contribution in [0.25, 0.3) is 0 Å². The fraction of sp³-hybridized carbons (Fsp3) is 0.100. The molecule has 0 spiro atoms. The summed E-state index contributed by atoms with van der Waals surface area (Å²) in [7, 11) is 0. The summed E-state index contributed by atoms with van der Waals surface area (Å²) in [6.07, 6.45) is 0. The van der Waals surface area contributed by atoms with E-state index in [1.54, 1.807) is 12.1 Å². The van der Waals surface area contributed by atoms with Gasteiger partial charge in [0.1, 0.15) is 18.2 Å². The van der Waals surface area contributed by atoms with Crippen LogP contribution >= 0.6 is 27.5 Å². The summed E-state index contributed by atoms with van der Waals surface area (Å²) in [5, 5.41) is 3.96. The fourth-order valence-corrected chi connectivity index (χ4v) is 2.96. The third kappa shape index (κ3) is 4.97. The maximum atomic E-state index is 13.0. The Bertz CT molecular complexity index is 855. The zero-order valence-corrected chi connectivity index (χ0v) is 15.6. The molecule has 5 heteroatoms. The van der Waals surface area contributed by atoms with Crippen molar-refractivity contribution >= 4 is 33.2 Å². The van der Waals surface area contributed by atoms with E-state index in [9.17, 15) is 4.39 Å². The van der Waals surface area contributed by atoms with Crippen molar-refractivity contribution in [1.82, 2.24) is 0 Å².